The van der Waals surface area contributed by atoms with Gasteiger partial charge in [-0.25, -0.2) is 0 Å². The minimum Gasteiger partial charge on any atom is -0.466 e. The van der Waals surface area contributed by atoms with Crippen molar-refractivity contribution in [2.45, 2.75) is 238 Å². The molecule has 404 valence electrons. The molecule has 4 atom stereocenters. The number of hydrogen-bond acceptors (Lipinski definition) is 14. The van der Waals surface area contributed by atoms with Gasteiger partial charge in [0.1, 0.15) is 12.2 Å². The first-order valence-electron chi connectivity index (χ1n) is 28.2. The lowest BCUT2D eigenvalue weighted by Gasteiger charge is -2.46. The molecule has 0 N–H and O–H groups in total. The Labute approximate surface area is 435 Å². The minimum absolute atomic E-state index is 0.0168. The molecule has 0 bridgehead atoms. The first-order chi connectivity index (χ1) is 33.3. The van der Waals surface area contributed by atoms with E-state index in [1.165, 1.54) is 6.42 Å². The SMILES string of the molecule is C[SiH]1O[SiH](C)O[Si](C)(CCCOC(=O)CCCCC2CCC(C(=O)OC3CCC(C(C)(C)C4CCC(C(=O)OC5CCC(CCC[Si]6(C)O[SiH](C)O[SiH](C)O[SiH](C)O6)CC5)CC4)CC3)CC2)O[SiH](C)O1. The molecule has 2 heterocycles. The van der Waals surface area contributed by atoms with Crippen LogP contribution in [0.1, 0.15) is 162 Å². The molecule has 0 amide bonds. The van der Waals surface area contributed by atoms with Crippen molar-refractivity contribution in [2.24, 2.45) is 40.9 Å². The third-order valence-corrected chi connectivity index (χ3v) is 45.2. The van der Waals surface area contributed by atoms with Crippen molar-refractivity contribution in [2.75, 3.05) is 6.61 Å². The Kier molecular flexibility index (Phi) is 23.9. The maximum atomic E-state index is 13.4. The predicted octanol–water partition coefficient (Wildman–Crippen LogP) is 9.51. The standard InChI is InChI=1S/C48H96O14Si8/c1-48(2,41-26-24-40(25-27-41)47(51)53-43-30-20-38(21-31-43)16-13-35-69(9)59-65(5)55-63(3)56-66(6)60-69)42-28-32-44(33-29-42)54-46(50)39-22-18-37(19-23-39)15-11-12-17-45(49)52-34-14-36-70(10)61-67(7)57-64(4)58-68(8)62-70/h37-44,63-68H,11-36H2,1-10H3. The van der Waals surface area contributed by atoms with Gasteiger partial charge in [-0.3, -0.25) is 14.4 Å². The first kappa shape index (κ1) is 59.1. The number of unbranched alkanes of at least 4 members (excludes halogenated alkanes) is 1. The summed E-state index contributed by atoms with van der Waals surface area (Å²) in [5.74, 6) is 2.49. The largest absolute Gasteiger partial charge is 0.466 e. The van der Waals surface area contributed by atoms with Crippen LogP contribution in [0.25, 0.3) is 0 Å². The van der Waals surface area contributed by atoms with E-state index < -0.39 is 72.8 Å². The fraction of sp³-hybridized carbons (Fsp3) is 0.938. The van der Waals surface area contributed by atoms with Crippen LogP contribution in [0.4, 0.5) is 0 Å². The van der Waals surface area contributed by atoms with E-state index in [0.717, 1.165) is 147 Å². The minimum atomic E-state index is -2.39. The van der Waals surface area contributed by atoms with Crippen molar-refractivity contribution in [3.8, 4) is 0 Å². The monoisotopic (exact) mass is 1120 g/mol. The second-order valence-electron chi connectivity index (χ2n) is 23.2. The van der Waals surface area contributed by atoms with Crippen LogP contribution >= 0.6 is 0 Å². The predicted molar refractivity (Wildman–Crippen MR) is 291 cm³/mol. The number of carbonyl (C=O) groups is 3. The summed E-state index contributed by atoms with van der Waals surface area (Å²) in [4.78, 5) is 39.3. The summed E-state index contributed by atoms with van der Waals surface area (Å²) in [5.41, 5.74) is 0.197. The van der Waals surface area contributed by atoms with Gasteiger partial charge in [0, 0.05) is 6.42 Å². The summed E-state index contributed by atoms with van der Waals surface area (Å²) >= 11 is 0. The molecule has 22 heteroatoms. The Morgan fingerprint density at radius 1 is 0.486 bits per heavy atom. The molecule has 6 fully saturated rings. The smallest absolute Gasteiger partial charge is 0.317 e. The Hall–Kier alpha value is -0.175. The Morgan fingerprint density at radius 2 is 0.857 bits per heavy atom. The van der Waals surface area contributed by atoms with Gasteiger partial charge < -0.3 is 47.1 Å². The Morgan fingerprint density at radius 3 is 1.31 bits per heavy atom. The van der Waals surface area contributed by atoms with Gasteiger partial charge in [0.25, 0.3) is 55.7 Å². The molecular formula is C48H96O14Si8. The van der Waals surface area contributed by atoms with E-state index in [9.17, 15) is 14.4 Å². The molecule has 2 aliphatic heterocycles. The average Bonchev–Trinajstić information content (AvgIpc) is 3.29. The molecule has 4 aliphatic carbocycles. The van der Waals surface area contributed by atoms with Gasteiger partial charge in [-0.1, -0.05) is 39.5 Å². The maximum absolute atomic E-state index is 13.4. The Balaban J connectivity index is 0.776. The molecule has 0 aromatic heterocycles. The molecule has 6 rings (SSSR count). The van der Waals surface area contributed by atoms with E-state index in [1.807, 2.05) is 19.6 Å². The van der Waals surface area contributed by atoms with E-state index in [2.05, 4.69) is 46.6 Å². The van der Waals surface area contributed by atoms with E-state index in [4.69, 9.17) is 47.1 Å². The molecular weight excluding hydrogens is 1030 g/mol. The summed E-state index contributed by atoms with van der Waals surface area (Å²) in [6.45, 7) is 22.0. The highest BCUT2D eigenvalue weighted by molar-refractivity contribution is 6.82. The average molecular weight is 1120 g/mol. The fourth-order valence-corrected chi connectivity index (χ4v) is 42.5. The van der Waals surface area contributed by atoms with Crippen molar-refractivity contribution in [1.29, 1.82) is 0 Å². The zero-order chi connectivity index (χ0) is 50.5. The fourth-order valence-electron chi connectivity index (χ4n) is 13.1. The zero-order valence-corrected chi connectivity index (χ0v) is 54.1. The van der Waals surface area contributed by atoms with Crippen LogP contribution < -0.4 is 0 Å². The highest BCUT2D eigenvalue weighted by Crippen LogP contribution is 2.50. The van der Waals surface area contributed by atoms with Gasteiger partial charge in [0.05, 0.1) is 18.4 Å². The van der Waals surface area contributed by atoms with E-state index in [1.54, 1.807) is 0 Å². The summed E-state index contributed by atoms with van der Waals surface area (Å²) in [5, 5.41) is 0. The molecule has 0 radical (unpaired) electrons. The molecule has 14 nitrogen and oxygen atoms in total. The van der Waals surface area contributed by atoms with Crippen molar-refractivity contribution < 1.29 is 61.5 Å². The lowest BCUT2D eigenvalue weighted by Crippen LogP contribution is -2.53. The number of ether oxygens (including phenoxy) is 3. The highest BCUT2D eigenvalue weighted by Gasteiger charge is 2.44. The number of carbonyl (C=O) groups excluding carboxylic acids is 3. The van der Waals surface area contributed by atoms with Gasteiger partial charge in [0.15, 0.2) is 0 Å². The second-order valence-corrected chi connectivity index (χ2v) is 43.7. The van der Waals surface area contributed by atoms with E-state index >= 15 is 0 Å². The normalized spacial score (nSPS) is 39.3. The maximum Gasteiger partial charge on any atom is 0.317 e. The molecule has 0 spiro atoms. The topological polar surface area (TPSA) is 153 Å². The van der Waals surface area contributed by atoms with E-state index in [-0.39, 0.29) is 47.4 Å². The van der Waals surface area contributed by atoms with Crippen molar-refractivity contribution in [3.05, 3.63) is 0 Å². The summed E-state index contributed by atoms with van der Waals surface area (Å²) in [7, 11) is -14.9. The molecule has 0 aromatic rings. The van der Waals surface area contributed by atoms with Gasteiger partial charge in [-0.2, -0.15) is 0 Å². The summed E-state index contributed by atoms with van der Waals surface area (Å²) in [6, 6.07) is 1.77. The molecule has 6 aliphatic rings. The van der Waals surface area contributed by atoms with Crippen molar-refractivity contribution >= 4 is 90.7 Å². The highest BCUT2D eigenvalue weighted by atomic mass is 28.5. The number of hydrogen-bond donors (Lipinski definition) is 0. The molecule has 2 saturated heterocycles. The number of esters is 3. The van der Waals surface area contributed by atoms with Crippen LogP contribution in [0, 0.1) is 40.9 Å². The third-order valence-electron chi connectivity index (χ3n) is 17.1. The summed E-state index contributed by atoms with van der Waals surface area (Å²) < 4.78 is 67.9. The van der Waals surface area contributed by atoms with Crippen LogP contribution in [-0.2, 0) is 61.5 Å². The van der Waals surface area contributed by atoms with Crippen LogP contribution in [0.5, 0.6) is 0 Å². The van der Waals surface area contributed by atoms with Crippen molar-refractivity contribution in [1.82, 2.24) is 0 Å². The van der Waals surface area contributed by atoms with Crippen LogP contribution in [0.3, 0.4) is 0 Å². The first-order valence-corrected chi connectivity index (χ1v) is 45.8. The molecule has 0 aromatic carbocycles. The van der Waals surface area contributed by atoms with Crippen LogP contribution in [0.2, 0.25) is 64.5 Å². The molecule has 70 heavy (non-hydrogen) atoms. The zero-order valence-electron chi connectivity index (χ0n) is 45.2. The van der Waals surface area contributed by atoms with Gasteiger partial charge in [0.2, 0.25) is 0 Å². The second kappa shape index (κ2) is 28.3. The number of rotatable bonds is 19. The Bertz CT molecular complexity index is 1580. The van der Waals surface area contributed by atoms with Gasteiger partial charge in [-0.05, 0) is 209 Å². The molecule has 4 saturated carbocycles. The van der Waals surface area contributed by atoms with Crippen LogP contribution in [-0.4, -0.2) is 110 Å². The van der Waals surface area contributed by atoms with Crippen molar-refractivity contribution in [3.63, 3.8) is 0 Å². The summed E-state index contributed by atoms with van der Waals surface area (Å²) in [6.07, 6.45) is 22.8. The lowest BCUT2D eigenvalue weighted by atomic mass is 9.60. The third kappa shape index (κ3) is 19.1. The lowest BCUT2D eigenvalue weighted by molar-refractivity contribution is -0.160. The molecule has 4 unspecified atom stereocenters. The van der Waals surface area contributed by atoms with Gasteiger partial charge >= 0.3 is 35.0 Å². The quantitative estimate of drug-likeness (QED) is 0.0522. The van der Waals surface area contributed by atoms with Crippen LogP contribution in [0.15, 0.2) is 0 Å². The van der Waals surface area contributed by atoms with E-state index in [0.29, 0.717) is 36.7 Å². The van der Waals surface area contributed by atoms with Gasteiger partial charge in [-0.15, -0.1) is 0 Å².